The Hall–Kier alpha value is -3.94. The van der Waals surface area contributed by atoms with Gasteiger partial charge in [-0.05, 0) is 29.4 Å². The Morgan fingerprint density at radius 1 is 1.33 bits per heavy atom. The van der Waals surface area contributed by atoms with Gasteiger partial charge in [0.1, 0.15) is 6.61 Å². The van der Waals surface area contributed by atoms with Gasteiger partial charge in [0, 0.05) is 11.8 Å². The molecule has 1 heterocycles. The SMILES string of the molecule is N#Cc1ccc(NCC(F)c2ccccn2)c(F)c1CC(=O)NCCON=C(N)N. The van der Waals surface area contributed by atoms with E-state index in [1.807, 2.05) is 6.07 Å². The highest BCUT2D eigenvalue weighted by Crippen LogP contribution is 2.24. The molecule has 0 fully saturated rings. The molecule has 2 aromatic rings. The fourth-order valence-electron chi connectivity index (χ4n) is 2.48. The summed E-state index contributed by atoms with van der Waals surface area (Å²) in [6.07, 6.45) is -0.381. The van der Waals surface area contributed by atoms with Gasteiger partial charge in [0.05, 0.1) is 42.5 Å². The topological polar surface area (TPSA) is 151 Å². The molecule has 0 saturated carbocycles. The molecule has 0 spiro atoms. The number of halogens is 2. The van der Waals surface area contributed by atoms with E-state index in [-0.39, 0.29) is 54.6 Å². The van der Waals surface area contributed by atoms with Crippen molar-refractivity contribution in [2.75, 3.05) is 25.0 Å². The van der Waals surface area contributed by atoms with Crippen molar-refractivity contribution in [2.24, 2.45) is 16.6 Å². The minimum atomic E-state index is -1.46. The summed E-state index contributed by atoms with van der Waals surface area (Å²) >= 11 is 0. The highest BCUT2D eigenvalue weighted by Gasteiger charge is 2.18. The highest BCUT2D eigenvalue weighted by atomic mass is 19.1. The normalized spacial score (nSPS) is 11.1. The Morgan fingerprint density at radius 2 is 2.13 bits per heavy atom. The largest absolute Gasteiger partial charge is 0.391 e. The number of pyridine rings is 1. The number of hydrogen-bond acceptors (Lipinski definition) is 6. The van der Waals surface area contributed by atoms with Crippen LogP contribution >= 0.6 is 0 Å². The fourth-order valence-corrected chi connectivity index (χ4v) is 2.48. The van der Waals surface area contributed by atoms with Gasteiger partial charge in [0.15, 0.2) is 12.0 Å². The van der Waals surface area contributed by atoms with Gasteiger partial charge < -0.3 is 26.9 Å². The van der Waals surface area contributed by atoms with E-state index < -0.39 is 17.9 Å². The first-order chi connectivity index (χ1) is 14.4. The first-order valence-corrected chi connectivity index (χ1v) is 8.90. The molecule has 30 heavy (non-hydrogen) atoms. The quantitative estimate of drug-likeness (QED) is 0.195. The molecular weight excluding hydrogens is 396 g/mol. The van der Waals surface area contributed by atoms with E-state index in [1.54, 1.807) is 12.1 Å². The van der Waals surface area contributed by atoms with Crippen LogP contribution < -0.4 is 22.1 Å². The van der Waals surface area contributed by atoms with E-state index in [0.717, 1.165) is 0 Å². The van der Waals surface area contributed by atoms with Crippen molar-refractivity contribution in [1.82, 2.24) is 10.3 Å². The molecule has 0 bridgehead atoms. The minimum Gasteiger partial charge on any atom is -0.391 e. The van der Waals surface area contributed by atoms with Crippen molar-refractivity contribution in [3.8, 4) is 6.07 Å². The third-order valence-electron chi connectivity index (χ3n) is 3.87. The van der Waals surface area contributed by atoms with Gasteiger partial charge in [0.25, 0.3) is 0 Å². The standard InChI is InChI=1S/C19H21F2N7O2/c20-14(15-3-1-2-6-25-15)11-27-16-5-4-12(10-22)13(18(16)21)9-17(29)26-7-8-30-28-19(23)24/h1-6,14,27H,7-9,11H2,(H,26,29)(H4,23,24,28). The number of nitriles is 1. The van der Waals surface area contributed by atoms with Crippen LogP contribution in [0.25, 0.3) is 0 Å². The lowest BCUT2D eigenvalue weighted by Crippen LogP contribution is -2.29. The van der Waals surface area contributed by atoms with E-state index in [2.05, 4.69) is 20.8 Å². The number of anilines is 1. The summed E-state index contributed by atoms with van der Waals surface area (Å²) < 4.78 is 29.1. The smallest absolute Gasteiger partial charge is 0.228 e. The van der Waals surface area contributed by atoms with E-state index in [0.29, 0.717) is 0 Å². The second kappa shape index (κ2) is 11.2. The first kappa shape index (κ1) is 22.4. The predicted octanol–water partition coefficient (Wildman–Crippen LogP) is 1.08. The van der Waals surface area contributed by atoms with Crippen LogP contribution in [0.15, 0.2) is 41.7 Å². The second-order valence-electron chi connectivity index (χ2n) is 6.04. The van der Waals surface area contributed by atoms with Gasteiger partial charge in [0.2, 0.25) is 11.9 Å². The zero-order valence-electron chi connectivity index (χ0n) is 15.9. The number of hydrogen-bond donors (Lipinski definition) is 4. The molecule has 6 N–H and O–H groups in total. The summed E-state index contributed by atoms with van der Waals surface area (Å²) in [6, 6.07) is 9.37. The Balaban J connectivity index is 2.00. The van der Waals surface area contributed by atoms with Crippen molar-refractivity contribution in [3.63, 3.8) is 0 Å². The minimum absolute atomic E-state index is 0.00420. The number of benzene rings is 1. The highest BCUT2D eigenvalue weighted by molar-refractivity contribution is 5.80. The van der Waals surface area contributed by atoms with Crippen LogP contribution in [0.1, 0.15) is 23.0 Å². The van der Waals surface area contributed by atoms with Gasteiger partial charge in [-0.2, -0.15) is 5.26 Å². The number of guanidine groups is 1. The number of aromatic nitrogens is 1. The van der Waals surface area contributed by atoms with Crippen LogP contribution in [0.5, 0.6) is 0 Å². The van der Waals surface area contributed by atoms with Crippen molar-refractivity contribution >= 4 is 17.6 Å². The third-order valence-corrected chi connectivity index (χ3v) is 3.87. The molecule has 0 aliphatic heterocycles. The van der Waals surface area contributed by atoms with Crippen molar-refractivity contribution in [3.05, 3.63) is 59.2 Å². The molecule has 0 aliphatic rings. The average molecular weight is 417 g/mol. The van der Waals surface area contributed by atoms with Gasteiger partial charge in [-0.1, -0.05) is 6.07 Å². The Morgan fingerprint density at radius 3 is 2.80 bits per heavy atom. The van der Waals surface area contributed by atoms with Crippen LogP contribution in [0.2, 0.25) is 0 Å². The van der Waals surface area contributed by atoms with Gasteiger partial charge >= 0.3 is 0 Å². The molecule has 158 valence electrons. The van der Waals surface area contributed by atoms with Gasteiger partial charge in [-0.3, -0.25) is 9.78 Å². The molecule has 9 nitrogen and oxygen atoms in total. The molecule has 1 aromatic carbocycles. The number of nitrogens with zero attached hydrogens (tertiary/aromatic N) is 3. The predicted molar refractivity (Wildman–Crippen MR) is 106 cm³/mol. The van der Waals surface area contributed by atoms with E-state index in [1.165, 1.54) is 24.4 Å². The molecule has 1 atom stereocenters. The lowest BCUT2D eigenvalue weighted by atomic mass is 10.0. The van der Waals surface area contributed by atoms with Crippen LogP contribution in [0.3, 0.4) is 0 Å². The van der Waals surface area contributed by atoms with Gasteiger partial charge in [-0.15, -0.1) is 0 Å². The molecule has 1 unspecified atom stereocenters. The molecule has 0 saturated heterocycles. The summed E-state index contributed by atoms with van der Waals surface area (Å²) in [5, 5.41) is 17.7. The van der Waals surface area contributed by atoms with E-state index >= 15 is 0 Å². The average Bonchev–Trinajstić information content (AvgIpc) is 2.74. The lowest BCUT2D eigenvalue weighted by Gasteiger charge is -2.14. The zero-order chi connectivity index (χ0) is 21.9. The van der Waals surface area contributed by atoms with Crippen LogP contribution in [0, 0.1) is 17.1 Å². The molecule has 2 rings (SSSR count). The van der Waals surface area contributed by atoms with Crippen molar-refractivity contribution in [1.29, 1.82) is 5.26 Å². The summed E-state index contributed by atoms with van der Waals surface area (Å²) in [4.78, 5) is 20.7. The molecule has 11 heteroatoms. The lowest BCUT2D eigenvalue weighted by molar-refractivity contribution is -0.120. The van der Waals surface area contributed by atoms with Crippen molar-refractivity contribution in [2.45, 2.75) is 12.6 Å². The number of oxime groups is 1. The maximum Gasteiger partial charge on any atom is 0.228 e. The number of rotatable bonds is 10. The Bertz CT molecular complexity index is 928. The van der Waals surface area contributed by atoms with Crippen LogP contribution in [0.4, 0.5) is 14.5 Å². The summed E-state index contributed by atoms with van der Waals surface area (Å²) in [5.41, 5.74) is 10.3. The molecule has 1 amide bonds. The zero-order valence-corrected chi connectivity index (χ0v) is 15.9. The molecule has 1 aromatic heterocycles. The maximum atomic E-state index is 14.9. The van der Waals surface area contributed by atoms with Crippen LogP contribution in [-0.4, -0.2) is 36.5 Å². The summed E-state index contributed by atoms with van der Waals surface area (Å²) in [6.45, 7) is -0.150. The van der Waals surface area contributed by atoms with Gasteiger partial charge in [-0.25, -0.2) is 8.78 Å². The first-order valence-electron chi connectivity index (χ1n) is 8.90. The number of carbonyl (C=O) groups excluding carboxylic acids is 1. The molecular formula is C19H21F2N7O2. The second-order valence-corrected chi connectivity index (χ2v) is 6.04. The summed E-state index contributed by atoms with van der Waals surface area (Å²) in [5.74, 6) is -1.59. The number of carbonyl (C=O) groups is 1. The molecule has 0 radical (unpaired) electrons. The number of nitrogens with one attached hydrogen (secondary N) is 2. The van der Waals surface area contributed by atoms with Crippen molar-refractivity contribution < 1.29 is 18.4 Å². The third kappa shape index (κ3) is 6.59. The van der Waals surface area contributed by atoms with E-state index in [4.69, 9.17) is 16.3 Å². The number of amides is 1. The fraction of sp³-hybridized carbons (Fsp3) is 0.263. The van der Waals surface area contributed by atoms with E-state index in [9.17, 15) is 18.8 Å². The monoisotopic (exact) mass is 417 g/mol. The number of nitrogens with two attached hydrogens (primary N) is 2. The Kier molecular flexibility index (Phi) is 8.31. The maximum absolute atomic E-state index is 14.9. The van der Waals surface area contributed by atoms with Crippen LogP contribution in [-0.2, 0) is 16.1 Å². The Labute approximate surface area is 171 Å². The summed E-state index contributed by atoms with van der Waals surface area (Å²) in [7, 11) is 0. The molecule has 0 aliphatic carbocycles. The number of alkyl halides is 1.